The van der Waals surface area contributed by atoms with E-state index in [0.717, 1.165) is 0 Å². The summed E-state index contributed by atoms with van der Waals surface area (Å²) in [5, 5.41) is 3.29. The van der Waals surface area contributed by atoms with Crippen LogP contribution in [0.1, 0.15) is 18.5 Å². The Balaban J connectivity index is 2.05. The highest BCUT2D eigenvalue weighted by Gasteiger charge is 2.37. The normalized spacial score (nSPS) is 16.2. The highest BCUT2D eigenvalue weighted by Crippen LogP contribution is 2.33. The number of likely N-dealkylation sites (N-methyl/N-ethyl adjacent to an activating group) is 1. The average Bonchev–Trinajstić information content (AvgIpc) is 2.75. The van der Waals surface area contributed by atoms with E-state index in [0.29, 0.717) is 33.4 Å². The Kier molecular flexibility index (Phi) is 6.84. The lowest BCUT2D eigenvalue weighted by atomic mass is 9.94. The number of para-hydroxylation sites is 1. The quantitative estimate of drug-likeness (QED) is 0.673. The smallest absolute Gasteiger partial charge is 0.338 e. The maximum absolute atomic E-state index is 12.9. The molecular formula is C22H23ClN2O5. The molecule has 0 fully saturated rings. The van der Waals surface area contributed by atoms with Gasteiger partial charge >= 0.3 is 12.0 Å². The minimum absolute atomic E-state index is 0.0394. The molecule has 0 unspecified atom stereocenters. The predicted molar refractivity (Wildman–Crippen MR) is 113 cm³/mol. The third kappa shape index (κ3) is 4.52. The predicted octanol–water partition coefficient (Wildman–Crippen LogP) is 3.94. The number of halogens is 1. The summed E-state index contributed by atoms with van der Waals surface area (Å²) in [6.07, 6.45) is 0. The van der Waals surface area contributed by atoms with Crippen molar-refractivity contribution in [3.05, 3.63) is 70.4 Å². The third-order valence-electron chi connectivity index (χ3n) is 4.70. The second-order valence-electron chi connectivity index (χ2n) is 6.52. The molecule has 2 aromatic carbocycles. The second-order valence-corrected chi connectivity index (χ2v) is 6.93. The number of amides is 2. The summed E-state index contributed by atoms with van der Waals surface area (Å²) in [6.45, 7) is 1.88. The lowest BCUT2D eigenvalue weighted by Gasteiger charge is -2.34. The van der Waals surface area contributed by atoms with E-state index in [4.69, 9.17) is 25.8 Å². The zero-order valence-corrected chi connectivity index (χ0v) is 17.7. The van der Waals surface area contributed by atoms with E-state index in [1.165, 1.54) is 4.90 Å². The number of hydrogen-bond donors (Lipinski definition) is 1. The summed E-state index contributed by atoms with van der Waals surface area (Å²) in [6, 6.07) is 13.1. The molecule has 2 aromatic rings. The van der Waals surface area contributed by atoms with E-state index in [1.54, 1.807) is 63.5 Å². The van der Waals surface area contributed by atoms with Crippen LogP contribution in [0, 0.1) is 0 Å². The molecule has 0 radical (unpaired) electrons. The van der Waals surface area contributed by atoms with Crippen molar-refractivity contribution in [2.45, 2.75) is 13.0 Å². The van der Waals surface area contributed by atoms with Crippen LogP contribution >= 0.6 is 11.6 Å². The Labute approximate surface area is 180 Å². The number of esters is 1. The first-order valence-electron chi connectivity index (χ1n) is 9.42. The van der Waals surface area contributed by atoms with Crippen LogP contribution in [0.3, 0.4) is 0 Å². The Morgan fingerprint density at radius 3 is 2.67 bits per heavy atom. The number of hydrogen-bond acceptors (Lipinski definition) is 5. The van der Waals surface area contributed by atoms with E-state index in [1.807, 2.05) is 6.07 Å². The Bertz CT molecular complexity index is 976. The van der Waals surface area contributed by atoms with Crippen LogP contribution in [-0.4, -0.2) is 44.3 Å². The Morgan fingerprint density at radius 1 is 1.20 bits per heavy atom. The van der Waals surface area contributed by atoms with Gasteiger partial charge in [0.15, 0.2) is 0 Å². The van der Waals surface area contributed by atoms with Crippen LogP contribution in [0.25, 0.3) is 0 Å². The first-order chi connectivity index (χ1) is 14.5. The van der Waals surface area contributed by atoms with Gasteiger partial charge in [0.25, 0.3) is 0 Å². The van der Waals surface area contributed by atoms with Crippen molar-refractivity contribution in [2.75, 3.05) is 27.4 Å². The van der Waals surface area contributed by atoms with Crippen molar-refractivity contribution in [3.8, 4) is 11.5 Å². The maximum Gasteiger partial charge on any atom is 0.338 e. The first-order valence-corrected chi connectivity index (χ1v) is 9.79. The Hall–Kier alpha value is -3.19. The van der Waals surface area contributed by atoms with Crippen LogP contribution in [0.2, 0.25) is 5.02 Å². The number of nitrogens with zero attached hydrogens (tertiary/aromatic N) is 1. The van der Waals surface area contributed by atoms with Gasteiger partial charge in [0.1, 0.15) is 18.1 Å². The molecule has 1 heterocycles. The molecular weight excluding hydrogens is 408 g/mol. The van der Waals surface area contributed by atoms with Crippen molar-refractivity contribution < 1.29 is 23.8 Å². The molecule has 158 valence electrons. The van der Waals surface area contributed by atoms with Crippen LogP contribution in [0.15, 0.2) is 59.8 Å². The van der Waals surface area contributed by atoms with E-state index < -0.39 is 12.0 Å². The molecule has 0 aromatic heterocycles. The first kappa shape index (κ1) is 21.5. The number of nitrogens with one attached hydrogen (secondary N) is 1. The molecule has 1 aliphatic heterocycles. The zero-order valence-electron chi connectivity index (χ0n) is 17.0. The lowest BCUT2D eigenvalue weighted by molar-refractivity contribution is -0.139. The fourth-order valence-corrected chi connectivity index (χ4v) is 3.35. The van der Waals surface area contributed by atoms with Crippen LogP contribution < -0.4 is 14.8 Å². The van der Waals surface area contributed by atoms with Gasteiger partial charge in [-0.25, -0.2) is 9.59 Å². The van der Waals surface area contributed by atoms with Gasteiger partial charge < -0.3 is 19.5 Å². The summed E-state index contributed by atoms with van der Waals surface area (Å²) in [7, 11) is 3.12. The topological polar surface area (TPSA) is 77.1 Å². The number of carbonyl (C=O) groups is 2. The third-order valence-corrected chi connectivity index (χ3v) is 5.01. The molecule has 0 saturated carbocycles. The molecule has 30 heavy (non-hydrogen) atoms. The van der Waals surface area contributed by atoms with Gasteiger partial charge in [0.2, 0.25) is 0 Å². The van der Waals surface area contributed by atoms with E-state index >= 15 is 0 Å². The molecule has 7 nitrogen and oxygen atoms in total. The second kappa shape index (κ2) is 9.54. The van der Waals surface area contributed by atoms with Crippen molar-refractivity contribution in [1.29, 1.82) is 0 Å². The largest absolute Gasteiger partial charge is 0.497 e. The molecule has 2 amide bonds. The number of benzene rings is 2. The molecule has 0 saturated heterocycles. The summed E-state index contributed by atoms with van der Waals surface area (Å²) in [5.41, 5.74) is 1.37. The van der Waals surface area contributed by atoms with E-state index in [9.17, 15) is 9.59 Å². The summed E-state index contributed by atoms with van der Waals surface area (Å²) in [5.74, 6) is 0.528. The fraction of sp³-hybridized carbons (Fsp3) is 0.273. The average molecular weight is 431 g/mol. The number of rotatable bonds is 7. The summed E-state index contributed by atoms with van der Waals surface area (Å²) < 4.78 is 16.4. The zero-order chi connectivity index (χ0) is 21.7. The fourth-order valence-electron chi connectivity index (χ4n) is 3.16. The highest BCUT2D eigenvalue weighted by atomic mass is 35.5. The van der Waals surface area contributed by atoms with Gasteiger partial charge in [0, 0.05) is 7.05 Å². The van der Waals surface area contributed by atoms with Crippen LogP contribution in [-0.2, 0) is 9.53 Å². The number of urea groups is 1. The van der Waals surface area contributed by atoms with Crippen molar-refractivity contribution in [2.24, 2.45) is 0 Å². The van der Waals surface area contributed by atoms with Crippen molar-refractivity contribution in [1.82, 2.24) is 10.2 Å². The molecule has 3 rings (SSSR count). The van der Waals surface area contributed by atoms with Crippen LogP contribution in [0.4, 0.5) is 4.79 Å². The minimum Gasteiger partial charge on any atom is -0.497 e. The van der Waals surface area contributed by atoms with Gasteiger partial charge in [-0.2, -0.15) is 0 Å². The molecule has 1 N–H and O–H groups in total. The molecule has 1 aliphatic rings. The van der Waals surface area contributed by atoms with Gasteiger partial charge in [-0.1, -0.05) is 35.9 Å². The SMILES string of the molecule is CCOC(=O)C1=C(COc2ccccc2Cl)N(C)C(=O)N[C@H]1c1cccc(OC)c1. The van der Waals surface area contributed by atoms with E-state index in [2.05, 4.69) is 5.32 Å². The van der Waals surface area contributed by atoms with E-state index in [-0.39, 0.29) is 19.2 Å². The molecule has 0 spiro atoms. The van der Waals surface area contributed by atoms with Gasteiger partial charge in [0.05, 0.1) is 36.1 Å². The maximum atomic E-state index is 12.9. The molecule has 8 heteroatoms. The number of methoxy groups -OCH3 is 1. The molecule has 0 bridgehead atoms. The minimum atomic E-state index is -0.715. The van der Waals surface area contributed by atoms with Crippen molar-refractivity contribution in [3.63, 3.8) is 0 Å². The van der Waals surface area contributed by atoms with Gasteiger partial charge in [-0.05, 0) is 36.8 Å². The molecule has 0 aliphatic carbocycles. The van der Waals surface area contributed by atoms with Gasteiger partial charge in [-0.3, -0.25) is 4.90 Å². The standard InChI is InChI=1S/C22H23ClN2O5/c1-4-29-21(26)19-17(13-30-18-11-6-5-10-16(18)23)25(2)22(27)24-20(19)14-8-7-9-15(12-14)28-3/h5-12,20H,4,13H2,1-3H3,(H,24,27)/t20-/m0/s1. The Morgan fingerprint density at radius 2 is 1.97 bits per heavy atom. The summed E-state index contributed by atoms with van der Waals surface area (Å²) >= 11 is 6.17. The molecule has 1 atom stereocenters. The number of ether oxygens (including phenoxy) is 3. The monoisotopic (exact) mass is 430 g/mol. The highest BCUT2D eigenvalue weighted by molar-refractivity contribution is 6.32. The lowest BCUT2D eigenvalue weighted by Crippen LogP contribution is -2.48. The summed E-state index contributed by atoms with van der Waals surface area (Å²) in [4.78, 5) is 26.9. The van der Waals surface area contributed by atoms with Crippen LogP contribution in [0.5, 0.6) is 11.5 Å². The van der Waals surface area contributed by atoms with Crippen molar-refractivity contribution >= 4 is 23.6 Å². The number of carbonyl (C=O) groups excluding carboxylic acids is 2. The van der Waals surface area contributed by atoms with Gasteiger partial charge in [-0.15, -0.1) is 0 Å².